The summed E-state index contributed by atoms with van der Waals surface area (Å²) in [5, 5.41) is 2.38. The minimum Gasteiger partial charge on any atom is -0.452 e. The van der Waals surface area contributed by atoms with E-state index in [0.29, 0.717) is 6.42 Å². The first-order valence-corrected chi connectivity index (χ1v) is 5.83. The highest BCUT2D eigenvalue weighted by molar-refractivity contribution is 9.10. The third-order valence-electron chi connectivity index (χ3n) is 2.15. The van der Waals surface area contributed by atoms with E-state index in [0.717, 1.165) is 0 Å². The topological polar surface area (TPSA) is 25.2 Å². The van der Waals surface area contributed by atoms with Gasteiger partial charge >= 0.3 is 12.3 Å². The van der Waals surface area contributed by atoms with E-state index in [1.807, 2.05) is 0 Å². The number of alkyl halides is 4. The van der Waals surface area contributed by atoms with Crippen molar-refractivity contribution in [1.29, 1.82) is 0 Å². The summed E-state index contributed by atoms with van der Waals surface area (Å²) in [6.07, 6.45) is -3.20. The van der Waals surface area contributed by atoms with E-state index in [9.17, 15) is 17.6 Å². The van der Waals surface area contributed by atoms with Gasteiger partial charge in [-0.25, -0.2) is 8.78 Å². The van der Waals surface area contributed by atoms with Crippen LogP contribution in [0.4, 0.5) is 17.6 Å². The van der Waals surface area contributed by atoms with E-state index >= 15 is 0 Å². The molecule has 0 aliphatic heterocycles. The molecule has 1 N–H and O–H groups in total. The maximum atomic E-state index is 13.3. The highest BCUT2D eigenvalue weighted by Crippen LogP contribution is 2.37. The number of hydrogen-bond acceptors (Lipinski definition) is 2. The molecule has 1 aromatic heterocycles. The van der Waals surface area contributed by atoms with Gasteiger partial charge < -0.3 is 9.73 Å². The van der Waals surface area contributed by atoms with Crippen molar-refractivity contribution in [2.75, 3.05) is 6.54 Å². The first-order valence-electron chi connectivity index (χ1n) is 5.04. The summed E-state index contributed by atoms with van der Waals surface area (Å²) in [6.45, 7) is 1.95. The highest BCUT2D eigenvalue weighted by atomic mass is 79.9. The minimum atomic E-state index is -4.17. The first kappa shape index (κ1) is 14.5. The molecule has 2 nitrogen and oxygen atoms in total. The summed E-state index contributed by atoms with van der Waals surface area (Å²) in [6, 6.07) is 0.805. The van der Waals surface area contributed by atoms with Crippen molar-refractivity contribution in [1.82, 2.24) is 5.32 Å². The third-order valence-corrected chi connectivity index (χ3v) is 2.58. The van der Waals surface area contributed by atoms with E-state index in [2.05, 4.69) is 21.2 Å². The summed E-state index contributed by atoms with van der Waals surface area (Å²) < 4.78 is 56.5. The van der Waals surface area contributed by atoms with Crippen molar-refractivity contribution in [2.24, 2.45) is 0 Å². The lowest BCUT2D eigenvalue weighted by Crippen LogP contribution is -2.42. The number of rotatable bonds is 6. The van der Waals surface area contributed by atoms with Gasteiger partial charge in [-0.15, -0.1) is 0 Å². The van der Waals surface area contributed by atoms with Crippen LogP contribution in [-0.4, -0.2) is 18.9 Å². The van der Waals surface area contributed by atoms with E-state index in [4.69, 9.17) is 4.42 Å². The Morgan fingerprint density at radius 1 is 1.41 bits per heavy atom. The van der Waals surface area contributed by atoms with Crippen LogP contribution in [0, 0.1) is 0 Å². The lowest BCUT2D eigenvalue weighted by molar-refractivity contribution is -0.154. The van der Waals surface area contributed by atoms with E-state index < -0.39 is 18.4 Å². The standard InChI is InChI=1S/C10H12BrF4NO/c1-2-5-16-8(10(14,15)9(12)13)6-3-4-7(11)17-6/h3-4,8-9,16H,2,5H2,1H3. The van der Waals surface area contributed by atoms with Crippen molar-refractivity contribution < 1.29 is 22.0 Å². The Balaban J connectivity index is 2.95. The molecule has 0 aliphatic carbocycles. The normalized spacial score (nSPS) is 14.3. The zero-order valence-electron chi connectivity index (χ0n) is 9.02. The molecule has 7 heteroatoms. The predicted molar refractivity (Wildman–Crippen MR) is 58.4 cm³/mol. The Morgan fingerprint density at radius 2 is 2.06 bits per heavy atom. The Labute approximate surface area is 104 Å². The van der Waals surface area contributed by atoms with Crippen LogP contribution >= 0.6 is 15.9 Å². The first-order chi connectivity index (χ1) is 7.89. The number of nitrogens with one attached hydrogen (secondary N) is 1. The molecule has 0 bridgehead atoms. The average Bonchev–Trinajstić information content (AvgIpc) is 2.65. The molecule has 0 saturated heterocycles. The summed E-state index contributed by atoms with van der Waals surface area (Å²) in [5.41, 5.74) is 0. The fourth-order valence-corrected chi connectivity index (χ4v) is 1.64. The van der Waals surface area contributed by atoms with Gasteiger partial charge in [-0.05, 0) is 41.0 Å². The Hall–Kier alpha value is -0.560. The van der Waals surface area contributed by atoms with Crippen LogP contribution in [-0.2, 0) is 0 Å². The molecule has 1 rings (SSSR count). The Bertz CT molecular complexity index is 356. The molecule has 0 amide bonds. The third kappa shape index (κ3) is 3.45. The predicted octanol–water partition coefficient (Wildman–Crippen LogP) is 3.98. The van der Waals surface area contributed by atoms with Gasteiger partial charge in [-0.1, -0.05) is 6.92 Å². The van der Waals surface area contributed by atoms with E-state index in [-0.39, 0.29) is 17.0 Å². The molecule has 1 unspecified atom stereocenters. The molecule has 1 atom stereocenters. The van der Waals surface area contributed by atoms with Crippen molar-refractivity contribution in [2.45, 2.75) is 31.7 Å². The van der Waals surface area contributed by atoms with Gasteiger partial charge in [0.25, 0.3) is 0 Å². The molecular weight excluding hydrogens is 306 g/mol. The fraction of sp³-hybridized carbons (Fsp3) is 0.600. The van der Waals surface area contributed by atoms with Gasteiger partial charge in [0.05, 0.1) is 0 Å². The van der Waals surface area contributed by atoms with Crippen LogP contribution in [0.15, 0.2) is 21.2 Å². The van der Waals surface area contributed by atoms with Gasteiger partial charge in [-0.2, -0.15) is 8.78 Å². The maximum absolute atomic E-state index is 13.3. The molecule has 0 fully saturated rings. The summed E-state index contributed by atoms with van der Waals surface area (Å²) in [5.74, 6) is -4.39. The van der Waals surface area contributed by atoms with E-state index in [1.165, 1.54) is 12.1 Å². The molecule has 0 radical (unpaired) electrons. The maximum Gasteiger partial charge on any atom is 0.329 e. The summed E-state index contributed by atoms with van der Waals surface area (Å²) in [4.78, 5) is 0. The van der Waals surface area contributed by atoms with Gasteiger partial charge in [0, 0.05) is 0 Å². The lowest BCUT2D eigenvalue weighted by atomic mass is 10.1. The largest absolute Gasteiger partial charge is 0.452 e. The molecule has 98 valence electrons. The zero-order chi connectivity index (χ0) is 13.1. The molecule has 0 aromatic carbocycles. The second kappa shape index (κ2) is 5.86. The van der Waals surface area contributed by atoms with Crippen molar-refractivity contribution >= 4 is 15.9 Å². The van der Waals surface area contributed by atoms with Crippen molar-refractivity contribution in [3.05, 3.63) is 22.6 Å². The molecule has 0 aliphatic rings. The highest BCUT2D eigenvalue weighted by Gasteiger charge is 2.50. The van der Waals surface area contributed by atoms with Gasteiger partial charge in [0.2, 0.25) is 0 Å². The van der Waals surface area contributed by atoms with Crippen LogP contribution in [0.5, 0.6) is 0 Å². The zero-order valence-corrected chi connectivity index (χ0v) is 10.6. The van der Waals surface area contributed by atoms with Gasteiger partial charge in [0.15, 0.2) is 4.67 Å². The van der Waals surface area contributed by atoms with Gasteiger partial charge in [0.1, 0.15) is 11.8 Å². The lowest BCUT2D eigenvalue weighted by Gasteiger charge is -2.25. The molecule has 1 aromatic rings. The van der Waals surface area contributed by atoms with Gasteiger partial charge in [-0.3, -0.25) is 0 Å². The number of halogens is 5. The quantitative estimate of drug-likeness (QED) is 0.803. The SMILES string of the molecule is CCCNC(c1ccc(Br)o1)C(F)(F)C(F)F. The summed E-state index contributed by atoms with van der Waals surface area (Å²) >= 11 is 2.95. The Morgan fingerprint density at radius 3 is 2.47 bits per heavy atom. The summed E-state index contributed by atoms with van der Waals surface area (Å²) in [7, 11) is 0. The van der Waals surface area contributed by atoms with Crippen molar-refractivity contribution in [3.8, 4) is 0 Å². The molecule has 0 saturated carbocycles. The molecular formula is C10H12BrF4NO. The number of hydrogen-bond donors (Lipinski definition) is 1. The second-order valence-electron chi connectivity index (χ2n) is 3.50. The van der Waals surface area contributed by atoms with Crippen LogP contribution in [0.1, 0.15) is 25.1 Å². The van der Waals surface area contributed by atoms with Crippen LogP contribution < -0.4 is 5.32 Å². The van der Waals surface area contributed by atoms with Crippen LogP contribution in [0.2, 0.25) is 0 Å². The monoisotopic (exact) mass is 317 g/mol. The molecule has 0 spiro atoms. The fourth-order valence-electron chi connectivity index (χ4n) is 1.32. The van der Waals surface area contributed by atoms with Crippen molar-refractivity contribution in [3.63, 3.8) is 0 Å². The minimum absolute atomic E-state index is 0.200. The molecule has 1 heterocycles. The van der Waals surface area contributed by atoms with Crippen LogP contribution in [0.25, 0.3) is 0 Å². The number of furan rings is 1. The molecule has 17 heavy (non-hydrogen) atoms. The second-order valence-corrected chi connectivity index (χ2v) is 4.29. The Kier molecular flexibility index (Phi) is 5.00. The van der Waals surface area contributed by atoms with E-state index in [1.54, 1.807) is 6.92 Å². The average molecular weight is 318 g/mol. The smallest absolute Gasteiger partial charge is 0.329 e. The van der Waals surface area contributed by atoms with Crippen LogP contribution in [0.3, 0.4) is 0 Å².